The van der Waals surface area contributed by atoms with Gasteiger partial charge in [0, 0.05) is 32.7 Å². The van der Waals surface area contributed by atoms with E-state index in [1.807, 2.05) is 53.4 Å². The van der Waals surface area contributed by atoms with Crippen LogP contribution in [0.15, 0.2) is 77.3 Å². The van der Waals surface area contributed by atoms with Crippen molar-refractivity contribution in [3.8, 4) is 11.5 Å². The van der Waals surface area contributed by atoms with Crippen LogP contribution in [0.2, 0.25) is 0 Å². The van der Waals surface area contributed by atoms with E-state index in [9.17, 15) is 4.79 Å². The Labute approximate surface area is 211 Å². The van der Waals surface area contributed by atoms with E-state index in [0.717, 1.165) is 42.9 Å². The van der Waals surface area contributed by atoms with Crippen LogP contribution in [0, 0.1) is 0 Å². The number of rotatable bonds is 8. The van der Waals surface area contributed by atoms with Crippen LogP contribution in [0.1, 0.15) is 30.9 Å². The Balaban J connectivity index is 1.12. The van der Waals surface area contributed by atoms with E-state index < -0.39 is 0 Å². The molecule has 7 heteroatoms. The molecule has 1 fully saturated rings. The van der Waals surface area contributed by atoms with E-state index in [4.69, 9.17) is 9.26 Å². The first-order chi connectivity index (χ1) is 17.7. The number of benzene rings is 3. The van der Waals surface area contributed by atoms with E-state index in [0.29, 0.717) is 24.5 Å². The van der Waals surface area contributed by atoms with Gasteiger partial charge < -0.3 is 14.2 Å². The number of para-hydroxylation sites is 1. The summed E-state index contributed by atoms with van der Waals surface area (Å²) in [6.45, 7) is 5.94. The van der Waals surface area contributed by atoms with Gasteiger partial charge in [0.25, 0.3) is 0 Å². The molecule has 5 rings (SSSR count). The van der Waals surface area contributed by atoms with Crippen LogP contribution in [0.5, 0.6) is 11.5 Å². The number of aromatic nitrogens is 1. The van der Waals surface area contributed by atoms with Gasteiger partial charge in [0.1, 0.15) is 11.5 Å². The highest BCUT2D eigenvalue weighted by molar-refractivity contribution is 5.98. The molecular formula is C29H32N4O3. The average molecular weight is 485 g/mol. The highest BCUT2D eigenvalue weighted by Gasteiger charge is 2.22. The molecule has 0 saturated carbocycles. The van der Waals surface area contributed by atoms with Gasteiger partial charge in [0.15, 0.2) is 11.4 Å². The molecule has 7 nitrogen and oxygen atoms in total. The fourth-order valence-electron chi connectivity index (χ4n) is 4.47. The quantitative estimate of drug-likeness (QED) is 0.317. The molecule has 1 saturated heterocycles. The van der Waals surface area contributed by atoms with Crippen molar-refractivity contribution in [2.75, 3.05) is 31.5 Å². The summed E-state index contributed by atoms with van der Waals surface area (Å²) in [5, 5.41) is 7.69. The lowest BCUT2D eigenvalue weighted by Crippen LogP contribution is -2.49. The molecule has 3 aromatic carbocycles. The number of amides is 2. The summed E-state index contributed by atoms with van der Waals surface area (Å²) in [7, 11) is 0. The van der Waals surface area contributed by atoms with E-state index in [1.54, 1.807) is 0 Å². The van der Waals surface area contributed by atoms with Crippen LogP contribution in [0.3, 0.4) is 0 Å². The Morgan fingerprint density at radius 3 is 2.56 bits per heavy atom. The van der Waals surface area contributed by atoms with Gasteiger partial charge in [-0.15, -0.1) is 0 Å². The molecule has 2 amide bonds. The highest BCUT2D eigenvalue weighted by Crippen LogP contribution is 2.25. The summed E-state index contributed by atoms with van der Waals surface area (Å²) in [4.78, 5) is 16.9. The van der Waals surface area contributed by atoms with E-state index >= 15 is 0 Å². The second kappa shape index (κ2) is 11.3. The zero-order chi connectivity index (χ0) is 24.7. The third-order valence-electron chi connectivity index (χ3n) is 6.54. The van der Waals surface area contributed by atoms with Gasteiger partial charge >= 0.3 is 6.03 Å². The normalized spacial score (nSPS) is 14.2. The number of nitrogens with zero attached hydrogens (tertiary/aromatic N) is 3. The second-order valence-corrected chi connectivity index (χ2v) is 9.22. The summed E-state index contributed by atoms with van der Waals surface area (Å²) in [5.41, 5.74) is 3.20. The third-order valence-corrected chi connectivity index (χ3v) is 6.54. The molecule has 0 bridgehead atoms. The summed E-state index contributed by atoms with van der Waals surface area (Å²) in [5.74, 6) is 2.16. The van der Waals surface area contributed by atoms with Crippen LogP contribution in [0.4, 0.5) is 10.6 Å². The minimum Gasteiger partial charge on any atom is -0.457 e. The molecule has 0 atom stereocenters. The molecular weight excluding hydrogens is 452 g/mol. The van der Waals surface area contributed by atoms with Crippen molar-refractivity contribution in [1.29, 1.82) is 0 Å². The SMILES string of the molecule is CCCCc1ccc(Oc2cccc(CN3CCN(C(=O)Nc4noc5ccccc45)CC3)c2)cc1. The Hall–Kier alpha value is -3.84. The maximum atomic E-state index is 12.8. The molecule has 1 aliphatic heterocycles. The predicted octanol–water partition coefficient (Wildman–Crippen LogP) is 6.31. The van der Waals surface area contributed by atoms with Crippen LogP contribution in [-0.2, 0) is 13.0 Å². The first kappa shape index (κ1) is 23.9. The summed E-state index contributed by atoms with van der Waals surface area (Å²) in [6, 6.07) is 24.0. The Bertz CT molecular complexity index is 1290. The lowest BCUT2D eigenvalue weighted by atomic mass is 10.1. The average Bonchev–Trinajstić information content (AvgIpc) is 3.31. The van der Waals surface area contributed by atoms with Crippen molar-refractivity contribution in [3.05, 3.63) is 83.9 Å². The molecule has 0 radical (unpaired) electrons. The number of aryl methyl sites for hydroxylation is 1. The standard InChI is InChI=1S/C29H32N4O3/c1-2-3-7-22-12-14-24(15-13-22)35-25-9-6-8-23(20-25)21-32-16-18-33(19-17-32)29(34)30-28-26-10-4-5-11-27(26)36-31-28/h4-6,8-15,20H,2-3,7,16-19,21H2,1H3,(H,30,31,34). The van der Waals surface area contributed by atoms with Gasteiger partial charge in [-0.2, -0.15) is 0 Å². The van der Waals surface area contributed by atoms with Gasteiger partial charge in [-0.1, -0.05) is 54.9 Å². The van der Waals surface area contributed by atoms with E-state index in [1.165, 1.54) is 24.0 Å². The number of piperazine rings is 1. The van der Waals surface area contributed by atoms with Crippen LogP contribution in [0.25, 0.3) is 11.0 Å². The molecule has 186 valence electrons. The zero-order valence-electron chi connectivity index (χ0n) is 20.7. The molecule has 2 heterocycles. The fourth-order valence-corrected chi connectivity index (χ4v) is 4.47. The van der Waals surface area contributed by atoms with Gasteiger partial charge in [-0.25, -0.2) is 4.79 Å². The summed E-state index contributed by atoms with van der Waals surface area (Å²) < 4.78 is 11.4. The van der Waals surface area contributed by atoms with Crippen molar-refractivity contribution in [2.45, 2.75) is 32.7 Å². The monoisotopic (exact) mass is 484 g/mol. The maximum absolute atomic E-state index is 12.8. The number of carbonyl (C=O) groups excluding carboxylic acids is 1. The number of unbranched alkanes of at least 4 members (excludes halogenated alkanes) is 1. The second-order valence-electron chi connectivity index (χ2n) is 9.22. The molecule has 1 N–H and O–H groups in total. The number of hydrogen-bond acceptors (Lipinski definition) is 5. The van der Waals surface area contributed by atoms with Crippen LogP contribution < -0.4 is 10.1 Å². The lowest BCUT2D eigenvalue weighted by Gasteiger charge is -2.34. The fraction of sp³-hybridized carbons (Fsp3) is 0.310. The number of anilines is 1. The first-order valence-electron chi connectivity index (χ1n) is 12.7. The molecule has 0 unspecified atom stereocenters. The topological polar surface area (TPSA) is 70.8 Å². The van der Waals surface area contributed by atoms with Gasteiger partial charge in [0.05, 0.1) is 5.39 Å². The van der Waals surface area contributed by atoms with Crippen LogP contribution in [-0.4, -0.2) is 47.2 Å². The molecule has 0 aliphatic carbocycles. The number of fused-ring (bicyclic) bond motifs is 1. The molecule has 0 spiro atoms. The van der Waals surface area contributed by atoms with E-state index in [-0.39, 0.29) is 6.03 Å². The molecule has 4 aromatic rings. The number of carbonyl (C=O) groups is 1. The smallest absolute Gasteiger partial charge is 0.323 e. The number of hydrogen-bond donors (Lipinski definition) is 1. The number of urea groups is 1. The minimum atomic E-state index is -0.148. The lowest BCUT2D eigenvalue weighted by molar-refractivity contribution is 0.143. The van der Waals surface area contributed by atoms with E-state index in [2.05, 4.69) is 46.6 Å². The highest BCUT2D eigenvalue weighted by atomic mass is 16.5. The Morgan fingerprint density at radius 1 is 0.944 bits per heavy atom. The van der Waals surface area contributed by atoms with Crippen molar-refractivity contribution in [3.63, 3.8) is 0 Å². The number of ether oxygens (including phenoxy) is 1. The van der Waals surface area contributed by atoms with Gasteiger partial charge in [0.2, 0.25) is 0 Å². The van der Waals surface area contributed by atoms with Gasteiger partial charge in [-0.05, 0) is 60.4 Å². The van der Waals surface area contributed by atoms with Gasteiger partial charge in [-0.3, -0.25) is 10.2 Å². The predicted molar refractivity (Wildman–Crippen MR) is 141 cm³/mol. The zero-order valence-corrected chi connectivity index (χ0v) is 20.7. The molecule has 1 aliphatic rings. The third kappa shape index (κ3) is 5.86. The van der Waals surface area contributed by atoms with Crippen molar-refractivity contribution in [1.82, 2.24) is 15.0 Å². The first-order valence-corrected chi connectivity index (χ1v) is 12.7. The minimum absolute atomic E-state index is 0.148. The maximum Gasteiger partial charge on any atom is 0.323 e. The summed E-state index contributed by atoms with van der Waals surface area (Å²) >= 11 is 0. The molecule has 36 heavy (non-hydrogen) atoms. The number of nitrogens with one attached hydrogen (secondary N) is 1. The largest absolute Gasteiger partial charge is 0.457 e. The Kier molecular flexibility index (Phi) is 7.47. The Morgan fingerprint density at radius 2 is 1.75 bits per heavy atom. The molecule has 1 aromatic heterocycles. The van der Waals surface area contributed by atoms with Crippen LogP contribution >= 0.6 is 0 Å². The van der Waals surface area contributed by atoms with Crippen molar-refractivity contribution < 1.29 is 14.1 Å². The summed E-state index contributed by atoms with van der Waals surface area (Å²) in [6.07, 6.45) is 3.52. The van der Waals surface area contributed by atoms with Crippen molar-refractivity contribution >= 4 is 22.8 Å². The van der Waals surface area contributed by atoms with Crippen molar-refractivity contribution in [2.24, 2.45) is 0 Å².